The minimum absolute atomic E-state index is 0.123. The second-order valence-electron chi connectivity index (χ2n) is 8.79. The predicted octanol–water partition coefficient (Wildman–Crippen LogP) is 5.57. The summed E-state index contributed by atoms with van der Waals surface area (Å²) in [5.41, 5.74) is 7.99. The third-order valence-electron chi connectivity index (χ3n) is 5.79. The number of amides is 2. The van der Waals surface area contributed by atoms with Crippen LogP contribution in [0.4, 0.5) is 21.9 Å². The van der Waals surface area contributed by atoms with Crippen molar-refractivity contribution < 1.29 is 28.9 Å². The molecule has 0 bridgehead atoms. The van der Waals surface area contributed by atoms with Gasteiger partial charge >= 0.3 is 6.09 Å². The molecule has 2 amide bonds. The number of ether oxygens (including phenoxy) is 3. The summed E-state index contributed by atoms with van der Waals surface area (Å²) in [6.07, 6.45) is 0.236. The van der Waals surface area contributed by atoms with E-state index in [1.165, 1.54) is 12.2 Å². The zero-order valence-corrected chi connectivity index (χ0v) is 22.2. The maximum absolute atomic E-state index is 13.0. The first-order chi connectivity index (χ1) is 20.0. The maximum Gasteiger partial charge on any atom is 0.412 e. The molecule has 0 aromatic heterocycles. The minimum Gasteiger partial charge on any atom is -0.491 e. The van der Waals surface area contributed by atoms with Gasteiger partial charge in [0.25, 0.3) is 0 Å². The third-order valence-corrected chi connectivity index (χ3v) is 5.79. The van der Waals surface area contributed by atoms with Crippen LogP contribution in [-0.2, 0) is 9.53 Å². The third kappa shape index (κ3) is 8.87. The highest BCUT2D eigenvalue weighted by Crippen LogP contribution is 2.29. The highest BCUT2D eigenvalue weighted by atomic mass is 16.6. The molecule has 0 fully saturated rings. The van der Waals surface area contributed by atoms with E-state index in [0.29, 0.717) is 34.1 Å². The minimum atomic E-state index is -0.975. The predicted molar refractivity (Wildman–Crippen MR) is 158 cm³/mol. The number of hydrogen-bond acceptors (Lipinski definition) is 7. The standard InChI is InChI=1S/C32H31N3O6/c33-27-13-7-8-14-28(27)35-30(37)20-19-29(40-26-11-5-2-6-12-26)31(23-15-17-25(18-16-23)39-22-21-36)41-32(38)34-24-9-3-1-4-10-24/h1-20,29,31,36H,21-22,33H2,(H,34,38)(H,35,37)/b20-19+/t29-,31-/m0/s1. The number of rotatable bonds is 12. The van der Waals surface area contributed by atoms with Gasteiger partial charge in [-0.05, 0) is 60.2 Å². The Balaban J connectivity index is 1.63. The zero-order valence-electron chi connectivity index (χ0n) is 22.2. The van der Waals surface area contributed by atoms with Gasteiger partial charge in [0.15, 0.2) is 12.2 Å². The second kappa shape index (κ2) is 14.8. The Labute approximate surface area is 238 Å². The van der Waals surface area contributed by atoms with Crippen LogP contribution < -0.4 is 25.8 Å². The molecule has 4 rings (SSSR count). The first-order valence-electron chi connectivity index (χ1n) is 12.9. The number of aliphatic hydroxyl groups is 1. The molecule has 0 heterocycles. The molecule has 0 aliphatic heterocycles. The molecule has 5 N–H and O–H groups in total. The van der Waals surface area contributed by atoms with Crippen LogP contribution in [0.3, 0.4) is 0 Å². The number of nitrogens with two attached hydrogens (primary N) is 1. The lowest BCUT2D eigenvalue weighted by atomic mass is 10.0. The van der Waals surface area contributed by atoms with Crippen molar-refractivity contribution in [2.75, 3.05) is 29.6 Å². The average Bonchev–Trinajstić information content (AvgIpc) is 2.99. The molecule has 4 aromatic carbocycles. The Morgan fingerprint density at radius 1 is 0.805 bits per heavy atom. The van der Waals surface area contributed by atoms with Gasteiger partial charge in [-0.15, -0.1) is 0 Å². The summed E-state index contributed by atoms with van der Waals surface area (Å²) in [6, 6.07) is 31.7. The fourth-order valence-electron chi connectivity index (χ4n) is 3.85. The number of aliphatic hydroxyl groups excluding tert-OH is 1. The van der Waals surface area contributed by atoms with Gasteiger partial charge in [0.1, 0.15) is 18.1 Å². The van der Waals surface area contributed by atoms with E-state index in [-0.39, 0.29) is 13.2 Å². The van der Waals surface area contributed by atoms with Crippen molar-refractivity contribution in [3.8, 4) is 11.5 Å². The number of para-hydroxylation sites is 4. The van der Waals surface area contributed by atoms with Crippen molar-refractivity contribution in [1.29, 1.82) is 0 Å². The molecule has 0 saturated heterocycles. The summed E-state index contributed by atoms with van der Waals surface area (Å²) in [5, 5.41) is 14.5. The molecule has 0 aliphatic carbocycles. The highest BCUT2D eigenvalue weighted by molar-refractivity contribution is 6.01. The van der Waals surface area contributed by atoms with Crippen molar-refractivity contribution in [1.82, 2.24) is 0 Å². The Hall–Kier alpha value is -5.28. The lowest BCUT2D eigenvalue weighted by Gasteiger charge is -2.26. The van der Waals surface area contributed by atoms with Crippen LogP contribution in [-0.4, -0.2) is 36.4 Å². The Morgan fingerprint density at radius 2 is 1.46 bits per heavy atom. The van der Waals surface area contributed by atoms with E-state index in [9.17, 15) is 9.59 Å². The quantitative estimate of drug-likeness (QED) is 0.133. The molecule has 0 radical (unpaired) electrons. The van der Waals surface area contributed by atoms with E-state index >= 15 is 0 Å². The smallest absolute Gasteiger partial charge is 0.412 e. The molecule has 0 unspecified atom stereocenters. The largest absolute Gasteiger partial charge is 0.491 e. The van der Waals surface area contributed by atoms with E-state index in [1.54, 1.807) is 84.9 Å². The van der Waals surface area contributed by atoms with Crippen molar-refractivity contribution in [3.63, 3.8) is 0 Å². The van der Waals surface area contributed by atoms with Crippen molar-refractivity contribution in [2.45, 2.75) is 12.2 Å². The van der Waals surface area contributed by atoms with Gasteiger partial charge in [0.05, 0.1) is 18.0 Å². The molecule has 0 saturated carbocycles. The van der Waals surface area contributed by atoms with Crippen LogP contribution in [0.25, 0.3) is 0 Å². The normalized spacial score (nSPS) is 12.2. The van der Waals surface area contributed by atoms with E-state index in [2.05, 4.69) is 10.6 Å². The molecule has 0 spiro atoms. The Kier molecular flexibility index (Phi) is 10.3. The number of benzene rings is 4. The van der Waals surface area contributed by atoms with E-state index in [4.69, 9.17) is 25.1 Å². The van der Waals surface area contributed by atoms with Gasteiger partial charge in [-0.25, -0.2) is 4.79 Å². The molecule has 2 atom stereocenters. The zero-order chi connectivity index (χ0) is 28.9. The first kappa shape index (κ1) is 28.7. The summed E-state index contributed by atoms with van der Waals surface area (Å²) >= 11 is 0. The van der Waals surface area contributed by atoms with Crippen LogP contribution in [0, 0.1) is 0 Å². The van der Waals surface area contributed by atoms with Crippen molar-refractivity contribution in [3.05, 3.63) is 127 Å². The molecular formula is C32H31N3O6. The second-order valence-corrected chi connectivity index (χ2v) is 8.79. The lowest BCUT2D eigenvalue weighted by Crippen LogP contribution is -2.30. The number of hydrogen-bond donors (Lipinski definition) is 4. The fourth-order valence-corrected chi connectivity index (χ4v) is 3.85. The van der Waals surface area contributed by atoms with Gasteiger partial charge in [-0.3, -0.25) is 10.1 Å². The van der Waals surface area contributed by atoms with Gasteiger partial charge in [0.2, 0.25) is 5.91 Å². The molecular weight excluding hydrogens is 522 g/mol. The van der Waals surface area contributed by atoms with E-state index in [0.717, 1.165) is 0 Å². The number of nitrogens with one attached hydrogen (secondary N) is 2. The molecule has 9 nitrogen and oxygen atoms in total. The SMILES string of the molecule is Nc1ccccc1NC(=O)/C=C/[C@H](Oc1ccccc1)[C@@H](OC(=O)Nc1ccccc1)c1ccc(OCCO)cc1. The lowest BCUT2D eigenvalue weighted by molar-refractivity contribution is -0.112. The molecule has 4 aromatic rings. The van der Waals surface area contributed by atoms with Crippen molar-refractivity contribution >= 4 is 29.1 Å². The van der Waals surface area contributed by atoms with Gasteiger partial charge in [0, 0.05) is 11.8 Å². The van der Waals surface area contributed by atoms with E-state index < -0.39 is 24.2 Å². The monoisotopic (exact) mass is 553 g/mol. The fraction of sp³-hybridized carbons (Fsp3) is 0.125. The Bertz CT molecular complexity index is 1430. The summed E-state index contributed by atoms with van der Waals surface area (Å²) in [5.74, 6) is 0.603. The first-order valence-corrected chi connectivity index (χ1v) is 12.9. The number of nitrogen functional groups attached to an aromatic ring is 1. The van der Waals surface area contributed by atoms with Crippen LogP contribution in [0.5, 0.6) is 11.5 Å². The highest BCUT2D eigenvalue weighted by Gasteiger charge is 2.28. The van der Waals surface area contributed by atoms with Gasteiger partial charge in [-0.1, -0.05) is 60.7 Å². The summed E-state index contributed by atoms with van der Waals surface area (Å²) in [7, 11) is 0. The molecule has 210 valence electrons. The van der Waals surface area contributed by atoms with E-state index in [1.807, 2.05) is 24.3 Å². The molecule has 41 heavy (non-hydrogen) atoms. The summed E-state index contributed by atoms with van der Waals surface area (Å²) in [4.78, 5) is 25.8. The number of anilines is 3. The summed E-state index contributed by atoms with van der Waals surface area (Å²) < 4.78 is 17.6. The van der Waals surface area contributed by atoms with Crippen molar-refractivity contribution in [2.24, 2.45) is 0 Å². The maximum atomic E-state index is 13.0. The van der Waals surface area contributed by atoms with Crippen LogP contribution >= 0.6 is 0 Å². The van der Waals surface area contributed by atoms with Crippen LogP contribution in [0.15, 0.2) is 121 Å². The molecule has 9 heteroatoms. The van der Waals surface area contributed by atoms with Gasteiger partial charge < -0.3 is 30.4 Å². The molecule has 0 aliphatic rings. The Morgan fingerprint density at radius 3 is 2.15 bits per heavy atom. The summed E-state index contributed by atoms with van der Waals surface area (Å²) in [6.45, 7) is 0.0178. The number of carbonyl (C=O) groups excluding carboxylic acids is 2. The number of carbonyl (C=O) groups is 2. The van der Waals surface area contributed by atoms with Gasteiger partial charge in [-0.2, -0.15) is 0 Å². The van der Waals surface area contributed by atoms with Crippen LogP contribution in [0.1, 0.15) is 11.7 Å². The average molecular weight is 554 g/mol. The van der Waals surface area contributed by atoms with Crippen LogP contribution in [0.2, 0.25) is 0 Å². The topological polar surface area (TPSA) is 132 Å².